The molecule has 0 spiro atoms. The number of piperazine rings is 1. The third-order valence-electron chi connectivity index (χ3n) is 5.46. The first-order valence-electron chi connectivity index (χ1n) is 10.9. The fourth-order valence-electron chi connectivity index (χ4n) is 3.65. The number of amides is 1. The molecule has 0 atom stereocenters. The van der Waals surface area contributed by atoms with Crippen LogP contribution in [-0.2, 0) is 16.0 Å². The summed E-state index contributed by atoms with van der Waals surface area (Å²) >= 11 is 1.22. The highest BCUT2D eigenvalue weighted by Crippen LogP contribution is 2.27. The second kappa shape index (κ2) is 10.0. The average molecular weight is 472 g/mol. The molecular formula is C23H25N3O6S. The minimum absolute atomic E-state index is 0.192. The Bertz CT molecular complexity index is 1210. The lowest BCUT2D eigenvalue weighted by Gasteiger charge is -2.35. The Balaban J connectivity index is 1.46. The largest absolute Gasteiger partial charge is 0.481 e. The minimum Gasteiger partial charge on any atom is -0.481 e. The molecule has 1 aliphatic rings. The number of carbonyl (C=O) groups is 2. The zero-order valence-electron chi connectivity index (χ0n) is 18.3. The quantitative estimate of drug-likeness (QED) is 0.411. The van der Waals surface area contributed by atoms with Crippen molar-refractivity contribution in [2.75, 3.05) is 37.7 Å². The molecule has 174 valence electrons. The molecule has 1 aromatic carbocycles. The third-order valence-corrected chi connectivity index (χ3v) is 6.38. The zero-order valence-corrected chi connectivity index (χ0v) is 19.1. The van der Waals surface area contributed by atoms with E-state index in [-0.39, 0.29) is 12.5 Å². The number of ether oxygens (including phenoxy) is 1. The second-order valence-corrected chi connectivity index (χ2v) is 8.68. The van der Waals surface area contributed by atoms with E-state index in [0.717, 1.165) is 23.9 Å². The molecule has 1 amide bonds. The Morgan fingerprint density at radius 2 is 2.00 bits per heavy atom. The predicted octanol–water partition coefficient (Wildman–Crippen LogP) is 3.60. The van der Waals surface area contributed by atoms with Crippen LogP contribution in [0.4, 0.5) is 10.5 Å². The molecule has 0 bridgehead atoms. The smallest absolute Gasteiger partial charge is 0.409 e. The second-order valence-electron chi connectivity index (χ2n) is 7.83. The van der Waals surface area contributed by atoms with Crippen molar-refractivity contribution in [3.8, 4) is 10.6 Å². The van der Waals surface area contributed by atoms with Gasteiger partial charge in [0.05, 0.1) is 24.3 Å². The Morgan fingerprint density at radius 1 is 1.21 bits per heavy atom. The Hall–Kier alpha value is -3.40. The number of carbonyl (C=O) groups excluding carboxylic acids is 1. The van der Waals surface area contributed by atoms with Gasteiger partial charge in [-0.25, -0.2) is 14.6 Å². The van der Waals surface area contributed by atoms with Gasteiger partial charge >= 0.3 is 17.7 Å². The maximum atomic E-state index is 12.6. The van der Waals surface area contributed by atoms with Crippen molar-refractivity contribution < 1.29 is 23.8 Å². The average Bonchev–Trinajstić information content (AvgIpc) is 3.26. The molecule has 2 aromatic heterocycles. The fraction of sp³-hybridized carbons (Fsp3) is 0.391. The summed E-state index contributed by atoms with van der Waals surface area (Å²) in [6, 6.07) is 7.39. The molecule has 1 N–H and O–H groups in total. The summed E-state index contributed by atoms with van der Waals surface area (Å²) in [4.78, 5) is 43.7. The van der Waals surface area contributed by atoms with Crippen molar-refractivity contribution in [3.05, 3.63) is 45.8 Å². The number of fused-ring (bicyclic) bond motifs is 1. The number of aliphatic carboxylic acids is 1. The van der Waals surface area contributed by atoms with Crippen molar-refractivity contribution >= 4 is 40.1 Å². The van der Waals surface area contributed by atoms with Gasteiger partial charge in [0.1, 0.15) is 10.6 Å². The molecule has 0 radical (unpaired) electrons. The number of aromatic nitrogens is 1. The number of carboxylic acid groups (broad SMARTS) is 1. The third kappa shape index (κ3) is 5.33. The topological polar surface area (TPSA) is 113 Å². The van der Waals surface area contributed by atoms with Gasteiger partial charge in [-0.05, 0) is 24.6 Å². The molecule has 3 aromatic rings. The first-order chi connectivity index (χ1) is 15.9. The molecule has 33 heavy (non-hydrogen) atoms. The van der Waals surface area contributed by atoms with Crippen molar-refractivity contribution in [3.63, 3.8) is 0 Å². The number of benzene rings is 1. The molecule has 0 unspecified atom stereocenters. The van der Waals surface area contributed by atoms with Crippen molar-refractivity contribution in [2.24, 2.45) is 0 Å². The Labute approximate surface area is 194 Å². The van der Waals surface area contributed by atoms with Crippen LogP contribution in [0.2, 0.25) is 0 Å². The zero-order chi connectivity index (χ0) is 23.4. The molecule has 0 saturated carbocycles. The van der Waals surface area contributed by atoms with E-state index in [1.54, 1.807) is 16.3 Å². The highest BCUT2D eigenvalue weighted by atomic mass is 32.1. The van der Waals surface area contributed by atoms with E-state index >= 15 is 0 Å². The first-order valence-corrected chi connectivity index (χ1v) is 11.7. The van der Waals surface area contributed by atoms with Crippen LogP contribution >= 0.6 is 11.3 Å². The Morgan fingerprint density at radius 3 is 2.73 bits per heavy atom. The standard InChI is InChI=1S/C23H25N3O6S/c1-2-3-10-31-23(30)26-8-6-25(7-9-26)17-5-4-15-11-18(22(29)32-19(15)13-17)21-24-16(14-33-21)12-20(27)28/h4-5,11,13-14H,2-3,6-10,12H2,1H3,(H,27,28). The van der Waals surface area contributed by atoms with E-state index in [1.807, 2.05) is 18.2 Å². The Kier molecular flexibility index (Phi) is 6.93. The van der Waals surface area contributed by atoms with E-state index in [4.69, 9.17) is 14.3 Å². The summed E-state index contributed by atoms with van der Waals surface area (Å²) in [6.45, 7) is 4.94. The van der Waals surface area contributed by atoms with Gasteiger partial charge in [-0.1, -0.05) is 13.3 Å². The highest BCUT2D eigenvalue weighted by molar-refractivity contribution is 7.13. The molecule has 3 heterocycles. The van der Waals surface area contributed by atoms with E-state index in [2.05, 4.69) is 16.8 Å². The molecule has 9 nitrogen and oxygen atoms in total. The first kappa shape index (κ1) is 22.8. The monoisotopic (exact) mass is 471 g/mol. The predicted molar refractivity (Wildman–Crippen MR) is 125 cm³/mol. The van der Waals surface area contributed by atoms with Gasteiger partial charge in [-0.3, -0.25) is 4.79 Å². The van der Waals surface area contributed by atoms with Crippen LogP contribution in [-0.4, -0.2) is 59.8 Å². The summed E-state index contributed by atoms with van der Waals surface area (Å²) < 4.78 is 10.9. The van der Waals surface area contributed by atoms with Crippen LogP contribution < -0.4 is 10.5 Å². The van der Waals surface area contributed by atoms with Crippen LogP contribution in [0, 0.1) is 0 Å². The van der Waals surface area contributed by atoms with Crippen molar-refractivity contribution in [2.45, 2.75) is 26.2 Å². The molecular weight excluding hydrogens is 446 g/mol. The van der Waals surface area contributed by atoms with Gasteiger partial charge < -0.3 is 24.1 Å². The van der Waals surface area contributed by atoms with Crippen LogP contribution in [0.1, 0.15) is 25.5 Å². The summed E-state index contributed by atoms with van der Waals surface area (Å²) in [7, 11) is 0. The van der Waals surface area contributed by atoms with Crippen LogP contribution in [0.3, 0.4) is 0 Å². The van der Waals surface area contributed by atoms with E-state index < -0.39 is 11.6 Å². The number of unbranched alkanes of at least 4 members (excludes halogenated alkanes) is 1. The maximum Gasteiger partial charge on any atom is 0.409 e. The van der Waals surface area contributed by atoms with Crippen LogP contribution in [0.15, 0.2) is 38.9 Å². The summed E-state index contributed by atoms with van der Waals surface area (Å²) in [6.07, 6.45) is 1.38. The van der Waals surface area contributed by atoms with Crippen LogP contribution in [0.5, 0.6) is 0 Å². The molecule has 1 aliphatic heterocycles. The number of hydrogen-bond donors (Lipinski definition) is 1. The van der Waals surface area contributed by atoms with Crippen LogP contribution in [0.25, 0.3) is 21.5 Å². The van der Waals surface area contributed by atoms with E-state index in [9.17, 15) is 14.4 Å². The summed E-state index contributed by atoms with van der Waals surface area (Å²) in [5.74, 6) is -0.973. The lowest BCUT2D eigenvalue weighted by atomic mass is 10.1. The van der Waals surface area contributed by atoms with E-state index in [0.29, 0.717) is 54.6 Å². The summed E-state index contributed by atoms with van der Waals surface area (Å²) in [5.41, 5.74) is 1.58. The van der Waals surface area contributed by atoms with Gasteiger partial charge in [-0.2, -0.15) is 0 Å². The number of thiazole rings is 1. The molecule has 1 saturated heterocycles. The summed E-state index contributed by atoms with van der Waals surface area (Å²) in [5, 5.41) is 11.7. The molecule has 4 rings (SSSR count). The number of carboxylic acids is 1. The van der Waals surface area contributed by atoms with Crippen molar-refractivity contribution in [1.29, 1.82) is 0 Å². The van der Waals surface area contributed by atoms with E-state index in [1.165, 1.54) is 11.3 Å². The number of rotatable bonds is 7. The number of nitrogens with zero attached hydrogens (tertiary/aromatic N) is 3. The maximum absolute atomic E-state index is 12.6. The fourth-order valence-corrected chi connectivity index (χ4v) is 4.48. The van der Waals surface area contributed by atoms with Gasteiger partial charge in [-0.15, -0.1) is 11.3 Å². The number of anilines is 1. The lowest BCUT2D eigenvalue weighted by molar-refractivity contribution is -0.136. The van der Waals surface area contributed by atoms with Gasteiger partial charge in [0.2, 0.25) is 0 Å². The molecule has 10 heteroatoms. The molecule has 1 fully saturated rings. The van der Waals surface area contributed by atoms with Gasteiger partial charge in [0.25, 0.3) is 0 Å². The number of hydrogen-bond acceptors (Lipinski definition) is 8. The van der Waals surface area contributed by atoms with Gasteiger partial charge in [0, 0.05) is 48.7 Å². The SMILES string of the molecule is CCCCOC(=O)N1CCN(c2ccc3cc(-c4nc(CC(=O)O)cs4)c(=O)oc3c2)CC1. The molecule has 0 aliphatic carbocycles. The van der Waals surface area contributed by atoms with Crippen molar-refractivity contribution in [1.82, 2.24) is 9.88 Å². The lowest BCUT2D eigenvalue weighted by Crippen LogP contribution is -2.49. The highest BCUT2D eigenvalue weighted by Gasteiger charge is 2.23. The normalized spacial score (nSPS) is 14.0. The van der Waals surface area contributed by atoms with Gasteiger partial charge in [0.15, 0.2) is 0 Å². The minimum atomic E-state index is -0.973.